The fourth-order valence-electron chi connectivity index (χ4n) is 4.79. The van der Waals surface area contributed by atoms with Crippen LogP contribution in [-0.2, 0) is 34.9 Å². The number of nitrogens with one attached hydrogen (secondary N) is 1. The minimum Gasteiger partial charge on any atom is -0.465 e. The molecule has 0 radical (unpaired) electrons. The van der Waals surface area contributed by atoms with Crippen molar-refractivity contribution < 1.29 is 22.7 Å². The monoisotopic (exact) mass is 509 g/mol. The SMILES string of the molecule is CCc1cn2c3c(cc(-c4nnc([C@@](C)(Cc5ccccc5)NC(=O)O)o4)cc13)N(C)S(=O)(=O)CC2. The van der Waals surface area contributed by atoms with E-state index in [1.807, 2.05) is 47.2 Å². The van der Waals surface area contributed by atoms with E-state index in [0.717, 1.165) is 28.5 Å². The van der Waals surface area contributed by atoms with Gasteiger partial charge in [0.05, 0.1) is 17.0 Å². The van der Waals surface area contributed by atoms with Gasteiger partial charge in [0.1, 0.15) is 5.54 Å². The van der Waals surface area contributed by atoms with Crippen LogP contribution in [0.5, 0.6) is 0 Å². The van der Waals surface area contributed by atoms with Gasteiger partial charge in [0, 0.05) is 37.2 Å². The van der Waals surface area contributed by atoms with Crippen molar-refractivity contribution in [3.05, 3.63) is 65.7 Å². The van der Waals surface area contributed by atoms with Gasteiger partial charge in [-0.05, 0) is 36.6 Å². The summed E-state index contributed by atoms with van der Waals surface area (Å²) in [5.74, 6) is 0.299. The molecule has 0 spiro atoms. The maximum Gasteiger partial charge on any atom is 0.405 e. The molecule has 0 unspecified atom stereocenters. The maximum absolute atomic E-state index is 12.8. The van der Waals surface area contributed by atoms with Crippen LogP contribution in [-0.4, -0.2) is 47.2 Å². The molecular weight excluding hydrogens is 482 g/mol. The van der Waals surface area contributed by atoms with Crippen LogP contribution >= 0.6 is 0 Å². The predicted molar refractivity (Wildman–Crippen MR) is 135 cm³/mol. The molecule has 0 aliphatic carbocycles. The Labute approximate surface area is 208 Å². The third-order valence-corrected chi connectivity index (χ3v) is 8.42. The van der Waals surface area contributed by atoms with E-state index in [0.29, 0.717) is 24.2 Å². The number of sulfonamides is 1. The molecule has 1 aliphatic heterocycles. The highest BCUT2D eigenvalue weighted by atomic mass is 32.2. The highest BCUT2D eigenvalue weighted by Gasteiger charge is 2.36. The quantitative estimate of drug-likeness (QED) is 0.405. The lowest BCUT2D eigenvalue weighted by Gasteiger charge is -2.25. The van der Waals surface area contributed by atoms with Crippen LogP contribution in [0, 0.1) is 0 Å². The van der Waals surface area contributed by atoms with E-state index in [1.54, 1.807) is 20.0 Å². The standard InChI is InChI=1S/C25H27N5O5S/c1-4-17-15-30-10-11-36(33,34)29(3)20-13-18(12-19(17)21(20)30)22-27-28-23(35-22)25(2,26-24(31)32)14-16-8-6-5-7-9-16/h5-9,12-13,15,26H,4,10-11,14H2,1-3H3,(H,31,32)/t25-/m1/s1. The molecule has 0 saturated heterocycles. The van der Waals surface area contributed by atoms with Crippen molar-refractivity contribution in [1.82, 2.24) is 20.1 Å². The topological polar surface area (TPSA) is 131 Å². The van der Waals surface area contributed by atoms with Crippen molar-refractivity contribution in [2.45, 2.75) is 38.8 Å². The molecule has 0 bridgehead atoms. The van der Waals surface area contributed by atoms with Crippen LogP contribution in [0.15, 0.2) is 53.1 Å². The molecule has 4 aromatic rings. The number of carbonyl (C=O) groups is 1. The molecule has 36 heavy (non-hydrogen) atoms. The van der Waals surface area contributed by atoms with E-state index in [9.17, 15) is 18.3 Å². The molecular formula is C25H27N5O5S. The van der Waals surface area contributed by atoms with E-state index < -0.39 is 21.7 Å². The van der Waals surface area contributed by atoms with Crippen LogP contribution in [0.2, 0.25) is 0 Å². The molecule has 1 atom stereocenters. The Morgan fingerprint density at radius 1 is 1.22 bits per heavy atom. The summed E-state index contributed by atoms with van der Waals surface area (Å²) in [6, 6.07) is 13.1. The molecule has 2 N–H and O–H groups in total. The molecule has 3 heterocycles. The number of anilines is 1. The summed E-state index contributed by atoms with van der Waals surface area (Å²) in [5, 5.41) is 21.4. The van der Waals surface area contributed by atoms with E-state index in [4.69, 9.17) is 4.42 Å². The lowest BCUT2D eigenvalue weighted by Crippen LogP contribution is -2.44. The summed E-state index contributed by atoms with van der Waals surface area (Å²) >= 11 is 0. The van der Waals surface area contributed by atoms with Crippen molar-refractivity contribution in [1.29, 1.82) is 0 Å². The van der Waals surface area contributed by atoms with Gasteiger partial charge >= 0.3 is 6.09 Å². The molecule has 1 amide bonds. The number of hydrogen-bond donors (Lipinski definition) is 2. The Morgan fingerprint density at radius 3 is 2.67 bits per heavy atom. The van der Waals surface area contributed by atoms with Crippen molar-refractivity contribution in [3.63, 3.8) is 0 Å². The number of aryl methyl sites for hydroxylation is 2. The fraction of sp³-hybridized carbons (Fsp3) is 0.320. The number of hydrogen-bond acceptors (Lipinski definition) is 6. The molecule has 188 valence electrons. The second kappa shape index (κ2) is 8.66. The average molecular weight is 510 g/mol. The van der Waals surface area contributed by atoms with Crippen LogP contribution in [0.4, 0.5) is 10.5 Å². The van der Waals surface area contributed by atoms with Gasteiger partial charge in [-0.1, -0.05) is 37.3 Å². The molecule has 0 fully saturated rings. The van der Waals surface area contributed by atoms with Crippen LogP contribution in [0.1, 0.15) is 30.9 Å². The summed E-state index contributed by atoms with van der Waals surface area (Å²) < 4.78 is 35.0. The zero-order valence-electron chi connectivity index (χ0n) is 20.2. The van der Waals surface area contributed by atoms with Gasteiger partial charge in [-0.2, -0.15) is 0 Å². The van der Waals surface area contributed by atoms with E-state index in [2.05, 4.69) is 22.4 Å². The van der Waals surface area contributed by atoms with E-state index in [-0.39, 0.29) is 17.5 Å². The Balaban J connectivity index is 1.62. The van der Waals surface area contributed by atoms with Gasteiger partial charge in [-0.3, -0.25) is 4.31 Å². The Hall–Kier alpha value is -3.86. The predicted octanol–water partition coefficient (Wildman–Crippen LogP) is 3.76. The molecule has 11 heteroatoms. The molecule has 2 aromatic heterocycles. The number of aromatic nitrogens is 3. The van der Waals surface area contributed by atoms with Gasteiger partial charge in [0.2, 0.25) is 21.8 Å². The molecule has 10 nitrogen and oxygen atoms in total. The van der Waals surface area contributed by atoms with Gasteiger partial charge in [-0.25, -0.2) is 13.2 Å². The Kier molecular flexibility index (Phi) is 5.74. The summed E-state index contributed by atoms with van der Waals surface area (Å²) in [5.41, 5.74) is 2.76. The molecule has 1 aliphatic rings. The van der Waals surface area contributed by atoms with Crippen LogP contribution in [0.25, 0.3) is 22.4 Å². The third kappa shape index (κ3) is 4.09. The summed E-state index contributed by atoms with van der Waals surface area (Å²) in [6.45, 7) is 4.12. The van der Waals surface area contributed by atoms with Crippen molar-refractivity contribution in [2.75, 3.05) is 17.1 Å². The second-order valence-corrected chi connectivity index (χ2v) is 11.3. The zero-order chi connectivity index (χ0) is 25.7. The lowest BCUT2D eigenvalue weighted by atomic mass is 9.93. The number of amides is 1. The summed E-state index contributed by atoms with van der Waals surface area (Å²) in [7, 11) is -1.95. The van der Waals surface area contributed by atoms with Gasteiger partial charge in [-0.15, -0.1) is 10.2 Å². The third-order valence-electron chi connectivity index (χ3n) is 6.69. The lowest BCUT2D eigenvalue weighted by molar-refractivity contribution is 0.172. The zero-order valence-corrected chi connectivity index (χ0v) is 21.0. The summed E-state index contributed by atoms with van der Waals surface area (Å²) in [6.07, 6.45) is 1.86. The van der Waals surface area contributed by atoms with Crippen molar-refractivity contribution >= 4 is 32.7 Å². The molecule has 5 rings (SSSR count). The number of rotatable bonds is 6. The summed E-state index contributed by atoms with van der Waals surface area (Å²) in [4.78, 5) is 11.6. The van der Waals surface area contributed by atoms with Gasteiger partial charge < -0.3 is 19.4 Å². The smallest absolute Gasteiger partial charge is 0.405 e. The van der Waals surface area contributed by atoms with Crippen molar-refractivity contribution in [2.24, 2.45) is 0 Å². The van der Waals surface area contributed by atoms with Gasteiger partial charge in [0.15, 0.2) is 0 Å². The minimum atomic E-state index is -3.50. The van der Waals surface area contributed by atoms with E-state index >= 15 is 0 Å². The second-order valence-electron chi connectivity index (χ2n) is 9.21. The normalized spacial score (nSPS) is 16.5. The molecule has 2 aromatic carbocycles. The average Bonchev–Trinajstić information content (AvgIpc) is 3.45. The number of carboxylic acid groups (broad SMARTS) is 1. The van der Waals surface area contributed by atoms with Crippen LogP contribution in [0.3, 0.4) is 0 Å². The molecule has 0 saturated carbocycles. The van der Waals surface area contributed by atoms with E-state index in [1.165, 1.54) is 4.31 Å². The van der Waals surface area contributed by atoms with Gasteiger partial charge in [0.25, 0.3) is 0 Å². The first-order valence-corrected chi connectivity index (χ1v) is 13.2. The first-order valence-electron chi connectivity index (χ1n) is 11.6. The highest BCUT2D eigenvalue weighted by molar-refractivity contribution is 7.92. The Bertz CT molecular complexity index is 1560. The van der Waals surface area contributed by atoms with Crippen LogP contribution < -0.4 is 9.62 Å². The number of nitrogens with zero attached hydrogens (tertiary/aromatic N) is 4. The fourth-order valence-corrected chi connectivity index (χ4v) is 5.93. The number of benzene rings is 2. The Morgan fingerprint density at radius 2 is 1.97 bits per heavy atom. The largest absolute Gasteiger partial charge is 0.465 e. The first-order chi connectivity index (χ1) is 17.1. The first kappa shape index (κ1) is 23.9. The maximum atomic E-state index is 12.8. The minimum absolute atomic E-state index is 0.00382. The highest BCUT2D eigenvalue weighted by Crippen LogP contribution is 2.38. The van der Waals surface area contributed by atoms with Crippen molar-refractivity contribution in [3.8, 4) is 11.5 Å².